The molecule has 0 radical (unpaired) electrons. The molecule has 0 fully saturated rings. The van der Waals surface area contributed by atoms with Crippen LogP contribution in [0.2, 0.25) is 0 Å². The van der Waals surface area contributed by atoms with E-state index in [9.17, 15) is 9.59 Å². The van der Waals surface area contributed by atoms with Gasteiger partial charge in [0.05, 0.1) is 20.6 Å². The smallest absolute Gasteiger partial charge is 0.308 e. The van der Waals surface area contributed by atoms with Crippen LogP contribution < -0.4 is 14.2 Å². The molecule has 6 nitrogen and oxygen atoms in total. The molecule has 4 aromatic carbocycles. The second-order valence-electron chi connectivity index (χ2n) is 8.57. The highest BCUT2D eigenvalue weighted by Gasteiger charge is 2.17. The van der Waals surface area contributed by atoms with Crippen LogP contribution >= 0.6 is 0 Å². The first kappa shape index (κ1) is 24.8. The molecule has 0 aliphatic rings. The summed E-state index contributed by atoms with van der Waals surface area (Å²) in [5.74, 6) is 0.849. The van der Waals surface area contributed by atoms with Gasteiger partial charge in [0.25, 0.3) is 0 Å². The number of esters is 1. The van der Waals surface area contributed by atoms with Gasteiger partial charge in [-0.1, -0.05) is 48.5 Å². The molecule has 0 aliphatic heterocycles. The van der Waals surface area contributed by atoms with Crippen molar-refractivity contribution in [3.63, 3.8) is 0 Å². The van der Waals surface area contributed by atoms with Crippen LogP contribution in [0, 0.1) is 0 Å². The number of fused-ring (bicyclic) bond motifs is 1. The molecule has 0 spiro atoms. The molecule has 0 aliphatic carbocycles. The van der Waals surface area contributed by atoms with Crippen molar-refractivity contribution >= 4 is 22.7 Å². The third kappa shape index (κ3) is 5.66. The molecular formula is C30H28O6. The average Bonchev–Trinajstić information content (AvgIpc) is 2.86. The summed E-state index contributed by atoms with van der Waals surface area (Å²) in [6.45, 7) is 1.38. The molecule has 6 heteroatoms. The van der Waals surface area contributed by atoms with E-state index in [4.69, 9.17) is 19.3 Å². The summed E-state index contributed by atoms with van der Waals surface area (Å²) >= 11 is 0. The van der Waals surface area contributed by atoms with Crippen molar-refractivity contribution in [3.8, 4) is 17.2 Å². The SMILES string of the molecule is COc1ccc2ccc(OC)c(Cc3ccc(OC(C)=O)cc3)c2c1Cc1ccc(CC(=O)O)cc1. The van der Waals surface area contributed by atoms with Crippen molar-refractivity contribution in [2.45, 2.75) is 26.2 Å². The number of ether oxygens (including phenoxy) is 3. The van der Waals surface area contributed by atoms with Gasteiger partial charge in [0.1, 0.15) is 17.2 Å². The Morgan fingerprint density at radius 2 is 1.17 bits per heavy atom. The number of carbonyl (C=O) groups is 2. The molecule has 1 N–H and O–H groups in total. The Hall–Kier alpha value is -4.32. The fourth-order valence-corrected chi connectivity index (χ4v) is 4.46. The number of methoxy groups -OCH3 is 2. The molecule has 0 aromatic heterocycles. The highest BCUT2D eigenvalue weighted by atomic mass is 16.5. The Balaban J connectivity index is 1.78. The summed E-state index contributed by atoms with van der Waals surface area (Å²) < 4.78 is 16.7. The number of rotatable bonds is 9. The van der Waals surface area contributed by atoms with Crippen molar-refractivity contribution in [1.82, 2.24) is 0 Å². The largest absolute Gasteiger partial charge is 0.496 e. The zero-order valence-electron chi connectivity index (χ0n) is 20.5. The normalized spacial score (nSPS) is 10.8. The van der Waals surface area contributed by atoms with Gasteiger partial charge in [0.2, 0.25) is 0 Å². The molecule has 0 bridgehead atoms. The van der Waals surface area contributed by atoms with E-state index in [-0.39, 0.29) is 12.4 Å². The van der Waals surface area contributed by atoms with Crippen molar-refractivity contribution < 1.29 is 28.9 Å². The van der Waals surface area contributed by atoms with E-state index >= 15 is 0 Å². The zero-order chi connectivity index (χ0) is 25.7. The van der Waals surface area contributed by atoms with E-state index < -0.39 is 5.97 Å². The molecule has 0 saturated carbocycles. The van der Waals surface area contributed by atoms with Gasteiger partial charge in [-0.2, -0.15) is 0 Å². The minimum absolute atomic E-state index is 0.00450. The predicted octanol–water partition coefficient (Wildman–Crippen LogP) is 5.59. The third-order valence-corrected chi connectivity index (χ3v) is 6.08. The van der Waals surface area contributed by atoms with Crippen molar-refractivity contribution in [1.29, 1.82) is 0 Å². The molecule has 184 valence electrons. The number of hydrogen-bond donors (Lipinski definition) is 1. The first-order chi connectivity index (χ1) is 17.4. The first-order valence-electron chi connectivity index (χ1n) is 11.6. The monoisotopic (exact) mass is 484 g/mol. The lowest BCUT2D eigenvalue weighted by Gasteiger charge is -2.18. The molecular weight excluding hydrogens is 456 g/mol. The Bertz CT molecular complexity index is 1280. The molecule has 0 saturated heterocycles. The van der Waals surface area contributed by atoms with Gasteiger partial charge in [-0.05, 0) is 51.7 Å². The van der Waals surface area contributed by atoms with Gasteiger partial charge < -0.3 is 19.3 Å². The number of aliphatic carboxylic acids is 1. The first-order valence-corrected chi connectivity index (χ1v) is 11.6. The Labute approximate surface area is 210 Å². The highest BCUT2D eigenvalue weighted by Crippen LogP contribution is 2.38. The second kappa shape index (κ2) is 11.0. The van der Waals surface area contributed by atoms with Crippen LogP contribution in [0.25, 0.3) is 10.8 Å². The van der Waals surface area contributed by atoms with Crippen LogP contribution in [0.4, 0.5) is 0 Å². The van der Waals surface area contributed by atoms with Crippen molar-refractivity contribution in [2.24, 2.45) is 0 Å². The molecule has 0 amide bonds. The summed E-state index contributed by atoms with van der Waals surface area (Å²) in [6.07, 6.45) is 1.22. The van der Waals surface area contributed by atoms with E-state index in [1.165, 1.54) is 6.92 Å². The number of hydrogen-bond acceptors (Lipinski definition) is 5. The van der Waals surface area contributed by atoms with E-state index in [1.807, 2.05) is 60.7 Å². The second-order valence-corrected chi connectivity index (χ2v) is 8.57. The van der Waals surface area contributed by atoms with Gasteiger partial charge in [-0.25, -0.2) is 0 Å². The summed E-state index contributed by atoms with van der Waals surface area (Å²) in [4.78, 5) is 22.3. The minimum Gasteiger partial charge on any atom is -0.496 e. The van der Waals surface area contributed by atoms with Crippen LogP contribution in [0.1, 0.15) is 34.7 Å². The molecule has 4 aromatic rings. The Kier molecular flexibility index (Phi) is 7.54. The standard InChI is InChI=1S/C30H28O6/c1-19(31)36-24-12-8-21(9-13-24)17-26-28(35-3)15-11-23-10-14-27(34-2)25(30(23)26)16-20-4-6-22(7-5-20)18-29(32)33/h4-15H,16-18H2,1-3H3,(H,32,33). The van der Waals surface area contributed by atoms with Crippen molar-refractivity contribution in [3.05, 3.63) is 101 Å². The van der Waals surface area contributed by atoms with E-state index in [2.05, 4.69) is 0 Å². The van der Waals surface area contributed by atoms with Crippen LogP contribution in [0.3, 0.4) is 0 Å². The molecule has 4 rings (SSSR count). The lowest BCUT2D eigenvalue weighted by atomic mass is 9.90. The maximum absolute atomic E-state index is 11.3. The maximum atomic E-state index is 11.3. The van der Waals surface area contributed by atoms with Gasteiger partial charge in [-0.3, -0.25) is 9.59 Å². The molecule has 36 heavy (non-hydrogen) atoms. The van der Waals surface area contributed by atoms with Gasteiger partial charge in [0.15, 0.2) is 0 Å². The van der Waals surface area contributed by atoms with Crippen LogP contribution in [-0.2, 0) is 28.9 Å². The fourth-order valence-electron chi connectivity index (χ4n) is 4.46. The number of carboxylic acid groups (broad SMARTS) is 1. The quantitative estimate of drug-likeness (QED) is 0.246. The summed E-state index contributed by atoms with van der Waals surface area (Å²) in [6, 6.07) is 23.1. The number of carbonyl (C=O) groups excluding carboxylic acids is 1. The summed E-state index contributed by atoms with van der Waals surface area (Å²) in [7, 11) is 3.32. The molecule has 0 unspecified atom stereocenters. The van der Waals surface area contributed by atoms with E-state index in [1.54, 1.807) is 26.4 Å². The lowest BCUT2D eigenvalue weighted by molar-refractivity contribution is -0.136. The summed E-state index contributed by atoms with van der Waals surface area (Å²) in [5.41, 5.74) is 4.92. The minimum atomic E-state index is -0.851. The average molecular weight is 485 g/mol. The molecule has 0 heterocycles. The summed E-state index contributed by atoms with van der Waals surface area (Å²) in [5, 5.41) is 11.2. The number of benzene rings is 4. The Morgan fingerprint density at radius 1 is 0.694 bits per heavy atom. The highest BCUT2D eigenvalue weighted by molar-refractivity contribution is 5.93. The van der Waals surface area contributed by atoms with Crippen LogP contribution in [-0.4, -0.2) is 31.3 Å². The van der Waals surface area contributed by atoms with E-state index in [0.29, 0.717) is 18.6 Å². The lowest BCUT2D eigenvalue weighted by Crippen LogP contribution is -2.03. The van der Waals surface area contributed by atoms with Crippen molar-refractivity contribution in [2.75, 3.05) is 14.2 Å². The third-order valence-electron chi connectivity index (χ3n) is 6.08. The molecule has 0 atom stereocenters. The van der Waals surface area contributed by atoms with Gasteiger partial charge >= 0.3 is 11.9 Å². The zero-order valence-corrected chi connectivity index (χ0v) is 20.5. The van der Waals surface area contributed by atoms with E-state index in [0.717, 1.165) is 50.1 Å². The fraction of sp³-hybridized carbons (Fsp3) is 0.200. The van der Waals surface area contributed by atoms with Gasteiger partial charge in [-0.15, -0.1) is 0 Å². The van der Waals surface area contributed by atoms with Crippen LogP contribution in [0.15, 0.2) is 72.8 Å². The van der Waals surface area contributed by atoms with Crippen LogP contribution in [0.5, 0.6) is 17.2 Å². The Morgan fingerprint density at radius 3 is 1.61 bits per heavy atom. The predicted molar refractivity (Wildman–Crippen MR) is 138 cm³/mol. The van der Waals surface area contributed by atoms with Gasteiger partial charge in [0, 0.05) is 30.9 Å². The number of carboxylic acids is 1. The topological polar surface area (TPSA) is 82.1 Å². The maximum Gasteiger partial charge on any atom is 0.308 e.